The van der Waals surface area contributed by atoms with Gasteiger partial charge in [-0.15, -0.1) is 0 Å². The summed E-state index contributed by atoms with van der Waals surface area (Å²) >= 11 is 0. The van der Waals surface area contributed by atoms with Gasteiger partial charge in [-0.05, 0) is 24.9 Å². The lowest BCUT2D eigenvalue weighted by Crippen LogP contribution is -2.45. The summed E-state index contributed by atoms with van der Waals surface area (Å²) in [5.74, 6) is 0. The molecule has 0 saturated carbocycles. The Balaban J connectivity index is 2.36. The van der Waals surface area contributed by atoms with Crippen LogP contribution in [0.15, 0.2) is 43.1 Å². The normalized spacial score (nSPS) is 11.5. The van der Waals surface area contributed by atoms with Crippen molar-refractivity contribution in [2.75, 3.05) is 33.9 Å². The Labute approximate surface area is 146 Å². The number of nitrogens with one attached hydrogen (secondary N) is 1. The zero-order valence-corrected chi connectivity index (χ0v) is 15.9. The van der Waals surface area contributed by atoms with Crippen LogP contribution in [0.2, 0.25) is 6.04 Å². The average molecular weight is 354 g/mol. The van der Waals surface area contributed by atoms with Gasteiger partial charge in [0.05, 0.1) is 6.54 Å². The summed E-state index contributed by atoms with van der Waals surface area (Å²) < 4.78 is 17.0. The number of nitrogens with two attached hydrogens (primary N) is 1. The van der Waals surface area contributed by atoms with E-state index in [2.05, 4.69) is 24.1 Å². The maximum Gasteiger partial charge on any atom is 0.500 e. The Morgan fingerprint density at radius 1 is 1.21 bits per heavy atom. The summed E-state index contributed by atoms with van der Waals surface area (Å²) in [6.07, 6.45) is 3.48. The van der Waals surface area contributed by atoms with Crippen LogP contribution in [0.1, 0.15) is 18.4 Å². The smallest absolute Gasteiger partial charge is 0.377 e. The maximum absolute atomic E-state index is 5.85. The largest absolute Gasteiger partial charge is 0.500 e. The summed E-state index contributed by atoms with van der Waals surface area (Å²) in [4.78, 5) is 0. The lowest BCUT2D eigenvalue weighted by Gasteiger charge is -2.27. The molecule has 0 unspecified atom stereocenters. The van der Waals surface area contributed by atoms with Gasteiger partial charge in [0.2, 0.25) is 0 Å². The van der Waals surface area contributed by atoms with Gasteiger partial charge < -0.3 is 24.0 Å². The molecule has 1 aromatic carbocycles. The number of rotatable bonds is 14. The number of hydrogen-bond donors (Lipinski definition) is 2. The highest BCUT2D eigenvalue weighted by molar-refractivity contribution is 6.60. The van der Waals surface area contributed by atoms with Crippen molar-refractivity contribution in [3.8, 4) is 0 Å². The molecule has 1 rings (SSSR count). The van der Waals surface area contributed by atoms with Crippen molar-refractivity contribution < 1.29 is 13.3 Å². The van der Waals surface area contributed by atoms with E-state index in [0.717, 1.165) is 32.0 Å². The SMILES string of the molecule is C=CN(Cc1ccccc1)NCCC[Si](OC)(OC)OCCCN. The van der Waals surface area contributed by atoms with Crippen molar-refractivity contribution in [1.29, 1.82) is 0 Å². The second-order valence-corrected chi connectivity index (χ2v) is 8.36. The van der Waals surface area contributed by atoms with E-state index in [9.17, 15) is 0 Å². The van der Waals surface area contributed by atoms with Crippen molar-refractivity contribution in [3.63, 3.8) is 0 Å². The van der Waals surface area contributed by atoms with Gasteiger partial charge in [0, 0.05) is 39.6 Å². The standard InChI is InChI=1S/C17H31N3O3Si/c1-4-20(16-17-10-6-5-7-11-17)19-13-9-15-24(21-2,22-3)23-14-8-12-18/h4-7,10-11,19H,1,8-9,12-16,18H2,2-3H3. The number of hydrazine groups is 1. The van der Waals surface area contributed by atoms with Crippen molar-refractivity contribution in [3.05, 3.63) is 48.7 Å². The van der Waals surface area contributed by atoms with Crippen LogP contribution in [0.4, 0.5) is 0 Å². The monoisotopic (exact) mass is 353 g/mol. The molecule has 0 saturated heterocycles. The average Bonchev–Trinajstić information content (AvgIpc) is 2.63. The van der Waals surface area contributed by atoms with Gasteiger partial charge in [0.25, 0.3) is 0 Å². The third-order valence-electron chi connectivity index (χ3n) is 3.68. The van der Waals surface area contributed by atoms with Gasteiger partial charge in [0.1, 0.15) is 0 Å². The third kappa shape index (κ3) is 7.56. The molecule has 0 aliphatic rings. The zero-order valence-electron chi connectivity index (χ0n) is 14.9. The van der Waals surface area contributed by atoms with Crippen LogP contribution in [0, 0.1) is 0 Å². The Kier molecular flexibility index (Phi) is 10.6. The van der Waals surface area contributed by atoms with E-state index >= 15 is 0 Å². The quantitative estimate of drug-likeness (QED) is 0.303. The van der Waals surface area contributed by atoms with E-state index < -0.39 is 8.80 Å². The molecule has 0 radical (unpaired) electrons. The van der Waals surface area contributed by atoms with Crippen molar-refractivity contribution in [2.45, 2.75) is 25.4 Å². The molecule has 0 aromatic heterocycles. The number of nitrogens with zero attached hydrogens (tertiary/aromatic N) is 1. The molecule has 0 amide bonds. The van der Waals surface area contributed by atoms with Crippen molar-refractivity contribution in [1.82, 2.24) is 10.4 Å². The van der Waals surface area contributed by atoms with E-state index in [0.29, 0.717) is 13.2 Å². The van der Waals surface area contributed by atoms with Crippen molar-refractivity contribution >= 4 is 8.80 Å². The highest BCUT2D eigenvalue weighted by Crippen LogP contribution is 2.16. The first-order chi connectivity index (χ1) is 11.7. The summed E-state index contributed by atoms with van der Waals surface area (Å²) in [7, 11) is 0.723. The fraction of sp³-hybridized carbons (Fsp3) is 0.529. The lowest BCUT2D eigenvalue weighted by molar-refractivity contribution is 0.0965. The van der Waals surface area contributed by atoms with Crippen molar-refractivity contribution in [2.24, 2.45) is 5.73 Å². The highest BCUT2D eigenvalue weighted by atomic mass is 28.4. The van der Waals surface area contributed by atoms with Gasteiger partial charge >= 0.3 is 8.80 Å². The second-order valence-electron chi connectivity index (χ2n) is 5.39. The Morgan fingerprint density at radius 2 is 1.92 bits per heavy atom. The minimum atomic E-state index is -2.58. The summed E-state index contributed by atoms with van der Waals surface area (Å²) in [5.41, 5.74) is 10.1. The third-order valence-corrected chi connectivity index (χ3v) is 6.54. The predicted molar refractivity (Wildman–Crippen MR) is 99.0 cm³/mol. The zero-order chi connectivity index (χ0) is 17.7. The number of hydrogen-bond acceptors (Lipinski definition) is 6. The van der Waals surface area contributed by atoms with Gasteiger partial charge in [0.15, 0.2) is 0 Å². The van der Waals surface area contributed by atoms with Crippen LogP contribution in [0.3, 0.4) is 0 Å². The maximum atomic E-state index is 5.85. The van der Waals surface area contributed by atoms with Crippen LogP contribution in [-0.4, -0.2) is 47.7 Å². The molecule has 24 heavy (non-hydrogen) atoms. The molecule has 6 nitrogen and oxygen atoms in total. The molecule has 0 aliphatic heterocycles. The fourth-order valence-electron chi connectivity index (χ4n) is 2.28. The molecule has 136 valence electrons. The highest BCUT2D eigenvalue weighted by Gasteiger charge is 2.38. The van der Waals surface area contributed by atoms with Gasteiger partial charge in [-0.25, -0.2) is 5.43 Å². The molecule has 0 atom stereocenters. The molecule has 0 bridgehead atoms. The lowest BCUT2D eigenvalue weighted by atomic mass is 10.2. The Morgan fingerprint density at radius 3 is 2.50 bits per heavy atom. The van der Waals surface area contributed by atoms with E-state index in [1.165, 1.54) is 5.56 Å². The first-order valence-electron chi connectivity index (χ1n) is 8.30. The van der Waals surface area contributed by atoms with Gasteiger partial charge in [-0.2, -0.15) is 0 Å². The van der Waals surface area contributed by atoms with Gasteiger partial charge in [-0.1, -0.05) is 36.9 Å². The molecule has 0 spiro atoms. The minimum absolute atomic E-state index is 0.574. The molecular formula is C17H31N3O3Si. The Bertz CT molecular complexity index is 444. The first-order valence-corrected chi connectivity index (χ1v) is 10.2. The first kappa shape index (κ1) is 20.8. The fourth-order valence-corrected chi connectivity index (χ4v) is 4.30. The summed E-state index contributed by atoms with van der Waals surface area (Å²) in [6, 6.07) is 11.0. The molecule has 3 N–H and O–H groups in total. The molecule has 1 aromatic rings. The van der Waals surface area contributed by atoms with E-state index in [1.54, 1.807) is 20.4 Å². The topological polar surface area (TPSA) is 69.0 Å². The number of benzene rings is 1. The molecular weight excluding hydrogens is 322 g/mol. The van der Waals surface area contributed by atoms with Crippen LogP contribution in [-0.2, 0) is 19.8 Å². The van der Waals surface area contributed by atoms with Crippen LogP contribution >= 0.6 is 0 Å². The van der Waals surface area contributed by atoms with Crippen LogP contribution in [0.5, 0.6) is 0 Å². The van der Waals surface area contributed by atoms with Crippen LogP contribution < -0.4 is 11.2 Å². The molecule has 0 aliphatic carbocycles. The molecule has 7 heteroatoms. The van der Waals surface area contributed by atoms with Gasteiger partial charge in [-0.3, -0.25) is 0 Å². The summed E-state index contributed by atoms with van der Waals surface area (Å²) in [5, 5.41) is 1.98. The molecule has 0 heterocycles. The summed E-state index contributed by atoms with van der Waals surface area (Å²) in [6.45, 7) is 6.60. The Hall–Kier alpha value is -1.22. The van der Waals surface area contributed by atoms with Crippen LogP contribution in [0.25, 0.3) is 0 Å². The van der Waals surface area contributed by atoms with E-state index in [-0.39, 0.29) is 0 Å². The predicted octanol–water partition coefficient (Wildman–Crippen LogP) is 2.12. The second kappa shape index (κ2) is 12.2. The van der Waals surface area contributed by atoms with E-state index in [4.69, 9.17) is 19.0 Å². The van der Waals surface area contributed by atoms with E-state index in [1.807, 2.05) is 23.2 Å². The minimum Gasteiger partial charge on any atom is -0.377 e. The molecule has 0 fully saturated rings.